The Labute approximate surface area is 314 Å². The number of benzene rings is 8. The number of furan rings is 1. The van der Waals surface area contributed by atoms with Gasteiger partial charge in [-0.2, -0.15) is 0 Å². The minimum atomic E-state index is 0.598. The summed E-state index contributed by atoms with van der Waals surface area (Å²) in [7, 11) is 0. The van der Waals surface area contributed by atoms with Gasteiger partial charge in [0.1, 0.15) is 11.2 Å². The lowest BCUT2D eigenvalue weighted by Gasteiger charge is -2.11. The second-order valence-electron chi connectivity index (χ2n) is 13.6. The molecule has 3 heterocycles. The number of hydrogen-bond donors (Lipinski definition) is 0. The van der Waals surface area contributed by atoms with Crippen molar-refractivity contribution in [3.63, 3.8) is 0 Å². The molecule has 0 amide bonds. The fraction of sp³-hybridized carbons (Fsp3) is 0. The first kappa shape index (κ1) is 30.7. The maximum atomic E-state index is 6.60. The zero-order valence-corrected chi connectivity index (χ0v) is 29.7. The molecule has 3 aromatic heterocycles. The van der Waals surface area contributed by atoms with Crippen LogP contribution < -0.4 is 0 Å². The number of rotatable bonds is 5. The van der Waals surface area contributed by atoms with Crippen LogP contribution in [0.4, 0.5) is 0 Å². The average molecular weight is 708 g/mol. The molecule has 54 heavy (non-hydrogen) atoms. The van der Waals surface area contributed by atoms with E-state index in [0.717, 1.165) is 66.1 Å². The summed E-state index contributed by atoms with van der Waals surface area (Å²) in [5.41, 5.74) is 8.96. The Bertz CT molecular complexity index is 3230. The maximum Gasteiger partial charge on any atom is 0.164 e. The van der Waals surface area contributed by atoms with E-state index in [-0.39, 0.29) is 0 Å². The van der Waals surface area contributed by atoms with Crippen molar-refractivity contribution in [1.29, 1.82) is 0 Å². The largest absolute Gasteiger partial charge is 0.456 e. The van der Waals surface area contributed by atoms with Gasteiger partial charge < -0.3 is 4.42 Å². The van der Waals surface area contributed by atoms with Gasteiger partial charge in [-0.25, -0.2) is 15.0 Å². The second kappa shape index (κ2) is 12.3. The van der Waals surface area contributed by atoms with Crippen LogP contribution in [0.5, 0.6) is 0 Å². The third kappa shape index (κ3) is 5.01. The van der Waals surface area contributed by atoms with Crippen molar-refractivity contribution in [3.8, 4) is 56.4 Å². The highest BCUT2D eigenvalue weighted by atomic mass is 32.1. The molecule has 5 heteroatoms. The van der Waals surface area contributed by atoms with Crippen LogP contribution in [0.1, 0.15) is 0 Å². The molecule has 0 saturated heterocycles. The summed E-state index contributed by atoms with van der Waals surface area (Å²) >= 11 is 1.79. The Morgan fingerprint density at radius 1 is 0.352 bits per heavy atom. The van der Waals surface area contributed by atoms with Gasteiger partial charge in [-0.15, -0.1) is 11.3 Å². The van der Waals surface area contributed by atoms with E-state index in [9.17, 15) is 0 Å². The lowest BCUT2D eigenvalue weighted by molar-refractivity contribution is 0.669. The molecule has 8 aromatic carbocycles. The molecule has 4 nitrogen and oxygen atoms in total. The third-order valence-corrected chi connectivity index (χ3v) is 11.5. The van der Waals surface area contributed by atoms with Crippen LogP contribution in [0.3, 0.4) is 0 Å². The fourth-order valence-corrected chi connectivity index (χ4v) is 8.96. The Balaban J connectivity index is 1.18. The van der Waals surface area contributed by atoms with Gasteiger partial charge in [-0.1, -0.05) is 140 Å². The van der Waals surface area contributed by atoms with Gasteiger partial charge in [0.25, 0.3) is 0 Å². The minimum Gasteiger partial charge on any atom is -0.456 e. The van der Waals surface area contributed by atoms with Gasteiger partial charge in [-0.05, 0) is 69.4 Å². The van der Waals surface area contributed by atoms with Crippen LogP contribution in [-0.4, -0.2) is 15.0 Å². The fourth-order valence-electron chi connectivity index (χ4n) is 7.83. The van der Waals surface area contributed by atoms with E-state index in [1.165, 1.54) is 25.7 Å². The van der Waals surface area contributed by atoms with Gasteiger partial charge in [-0.3, -0.25) is 0 Å². The molecule has 0 saturated carbocycles. The van der Waals surface area contributed by atoms with E-state index in [2.05, 4.69) is 152 Å². The molecule has 0 N–H and O–H groups in total. The van der Waals surface area contributed by atoms with Gasteiger partial charge in [0.2, 0.25) is 0 Å². The van der Waals surface area contributed by atoms with Gasteiger partial charge >= 0.3 is 0 Å². The Kier molecular flexibility index (Phi) is 7.00. The van der Waals surface area contributed by atoms with Crippen molar-refractivity contribution in [2.24, 2.45) is 0 Å². The van der Waals surface area contributed by atoms with Crippen LogP contribution >= 0.6 is 11.3 Å². The maximum absolute atomic E-state index is 6.60. The molecule has 0 aliphatic carbocycles. The third-order valence-electron chi connectivity index (χ3n) is 10.3. The first-order valence-corrected chi connectivity index (χ1v) is 18.8. The number of fused-ring (bicyclic) bond motifs is 7. The molecule has 0 spiro atoms. The Morgan fingerprint density at radius 3 is 1.78 bits per heavy atom. The standard InChI is InChI=1S/C49H29N3OS/c1-2-12-30(13-3-1)33-16-8-17-34(28-33)36-19-9-22-40-45(36)46-39(20-10-23-41(46)53-40)49-51-47(35-27-26-31-14-4-5-15-32(31)29-35)50-48(52-49)38-21-11-25-43-44(38)37-18-6-7-24-42(37)54-43/h1-29H. The summed E-state index contributed by atoms with van der Waals surface area (Å²) in [4.78, 5) is 15.8. The zero-order valence-electron chi connectivity index (χ0n) is 28.9. The van der Waals surface area contributed by atoms with E-state index in [4.69, 9.17) is 19.4 Å². The topological polar surface area (TPSA) is 51.8 Å². The normalized spacial score (nSPS) is 11.7. The molecule has 0 unspecified atom stereocenters. The van der Waals surface area contributed by atoms with E-state index < -0.39 is 0 Å². The zero-order chi connectivity index (χ0) is 35.6. The number of hydrogen-bond acceptors (Lipinski definition) is 5. The summed E-state index contributed by atoms with van der Waals surface area (Å²) in [6.45, 7) is 0. The van der Waals surface area contributed by atoms with E-state index in [1.807, 2.05) is 24.3 Å². The predicted molar refractivity (Wildman–Crippen MR) is 225 cm³/mol. The van der Waals surface area contributed by atoms with Gasteiger partial charge in [0.05, 0.1) is 0 Å². The molecule has 0 fully saturated rings. The quantitative estimate of drug-likeness (QED) is 0.179. The van der Waals surface area contributed by atoms with Gasteiger partial charge in [0, 0.05) is 47.6 Å². The highest BCUT2D eigenvalue weighted by Crippen LogP contribution is 2.43. The first-order valence-electron chi connectivity index (χ1n) is 18.0. The summed E-state index contributed by atoms with van der Waals surface area (Å²) in [5.74, 6) is 1.86. The van der Waals surface area contributed by atoms with E-state index >= 15 is 0 Å². The Morgan fingerprint density at radius 2 is 0.944 bits per heavy atom. The lowest BCUT2D eigenvalue weighted by atomic mass is 9.94. The molecule has 0 atom stereocenters. The van der Waals surface area contributed by atoms with Crippen molar-refractivity contribution in [3.05, 3.63) is 176 Å². The summed E-state index contributed by atoms with van der Waals surface area (Å²) in [6.07, 6.45) is 0. The lowest BCUT2D eigenvalue weighted by Crippen LogP contribution is -2.01. The smallest absolute Gasteiger partial charge is 0.164 e. The molecule has 0 radical (unpaired) electrons. The molecule has 0 bridgehead atoms. The average Bonchev–Trinajstić information content (AvgIpc) is 3.82. The second-order valence-corrected chi connectivity index (χ2v) is 14.6. The minimum absolute atomic E-state index is 0.598. The van der Waals surface area contributed by atoms with Crippen molar-refractivity contribution < 1.29 is 4.42 Å². The molecule has 252 valence electrons. The van der Waals surface area contributed by atoms with Crippen molar-refractivity contribution in [2.45, 2.75) is 0 Å². The molecule has 11 rings (SSSR count). The first-order chi connectivity index (χ1) is 26.7. The van der Waals surface area contributed by atoms with Crippen LogP contribution in [0.25, 0.3) is 109 Å². The molecule has 11 aromatic rings. The van der Waals surface area contributed by atoms with Crippen LogP contribution in [0.2, 0.25) is 0 Å². The highest BCUT2D eigenvalue weighted by molar-refractivity contribution is 7.25. The molecular formula is C49H29N3OS. The SMILES string of the molecule is c1ccc(-c2cccc(-c3cccc4oc5cccc(-c6nc(-c7ccc8ccccc8c7)nc(-c7cccc8sc9ccccc9c78)n6)c5c34)c2)cc1. The number of thiophene rings is 1. The number of aromatic nitrogens is 3. The summed E-state index contributed by atoms with van der Waals surface area (Å²) in [6, 6.07) is 61.5. The number of nitrogens with zero attached hydrogens (tertiary/aromatic N) is 3. The summed E-state index contributed by atoms with van der Waals surface area (Å²) < 4.78 is 9.04. The van der Waals surface area contributed by atoms with Crippen molar-refractivity contribution in [1.82, 2.24) is 15.0 Å². The van der Waals surface area contributed by atoms with Crippen LogP contribution in [-0.2, 0) is 0 Å². The summed E-state index contributed by atoms with van der Waals surface area (Å²) in [5, 5.41) is 6.68. The van der Waals surface area contributed by atoms with Crippen LogP contribution in [0.15, 0.2) is 180 Å². The van der Waals surface area contributed by atoms with Gasteiger partial charge in [0.15, 0.2) is 17.5 Å². The predicted octanol–water partition coefficient (Wildman–Crippen LogP) is 13.6. The highest BCUT2D eigenvalue weighted by Gasteiger charge is 2.21. The van der Waals surface area contributed by atoms with Crippen molar-refractivity contribution >= 4 is 64.2 Å². The van der Waals surface area contributed by atoms with E-state index in [0.29, 0.717) is 17.5 Å². The van der Waals surface area contributed by atoms with Crippen molar-refractivity contribution in [2.75, 3.05) is 0 Å². The Hall–Kier alpha value is -6.95. The monoisotopic (exact) mass is 707 g/mol. The molecule has 0 aliphatic rings. The van der Waals surface area contributed by atoms with E-state index in [1.54, 1.807) is 11.3 Å². The van der Waals surface area contributed by atoms with Crippen LogP contribution in [0, 0.1) is 0 Å². The molecule has 0 aliphatic heterocycles. The molecular weight excluding hydrogens is 679 g/mol.